The number of rotatable bonds is 3. The van der Waals surface area contributed by atoms with Gasteiger partial charge in [0.05, 0.1) is 5.54 Å². The lowest BCUT2D eigenvalue weighted by atomic mass is 9.77. The minimum Gasteiger partial charge on any atom is -0.328 e. The van der Waals surface area contributed by atoms with Crippen LogP contribution in [-0.4, -0.2) is 34.8 Å². The number of hydrogen-bond donors (Lipinski definition) is 2. The summed E-state index contributed by atoms with van der Waals surface area (Å²) in [4.78, 5) is 27.1. The van der Waals surface area contributed by atoms with E-state index in [9.17, 15) is 9.59 Å². The molecule has 2 amide bonds. The quantitative estimate of drug-likeness (QED) is 0.807. The summed E-state index contributed by atoms with van der Waals surface area (Å²) in [5, 5.41) is 2.84. The van der Waals surface area contributed by atoms with Crippen molar-refractivity contribution < 1.29 is 9.59 Å². The molecule has 2 fully saturated rings. The molecule has 5 nitrogen and oxygen atoms in total. The van der Waals surface area contributed by atoms with Gasteiger partial charge in [-0.25, -0.2) is 0 Å². The monoisotopic (exact) mass is 367 g/mol. The normalized spacial score (nSPS) is 30.0. The maximum atomic E-state index is 12.6. The molecule has 3 N–H and O–H groups in total. The fourth-order valence-electron chi connectivity index (χ4n) is 4.61. The second-order valence-corrected chi connectivity index (χ2v) is 9.35. The van der Waals surface area contributed by atoms with Crippen LogP contribution in [0.4, 0.5) is 0 Å². The van der Waals surface area contributed by atoms with Gasteiger partial charge in [0, 0.05) is 18.2 Å². The third-order valence-corrected chi connectivity index (χ3v) is 6.36. The van der Waals surface area contributed by atoms with E-state index >= 15 is 0 Å². The van der Waals surface area contributed by atoms with Crippen molar-refractivity contribution in [2.24, 2.45) is 11.7 Å². The number of carbonyl (C=O) groups is 2. The molecular weight excluding hydrogens is 338 g/mol. The topological polar surface area (TPSA) is 75.2 Å². The third-order valence-electron chi connectivity index (χ3n) is 6.36. The molecule has 5 heteroatoms. The molecular formula is C22H29N3O2. The molecule has 3 atom stereocenters. The van der Waals surface area contributed by atoms with E-state index < -0.39 is 0 Å². The summed E-state index contributed by atoms with van der Waals surface area (Å²) in [5.41, 5.74) is 8.15. The van der Waals surface area contributed by atoms with Crippen molar-refractivity contribution >= 4 is 11.8 Å². The second kappa shape index (κ2) is 6.20. The van der Waals surface area contributed by atoms with Crippen LogP contribution in [-0.2, 0) is 10.2 Å². The predicted octanol–water partition coefficient (Wildman–Crippen LogP) is 2.71. The Kier molecular flexibility index (Phi) is 4.18. The summed E-state index contributed by atoms with van der Waals surface area (Å²) in [5.74, 6) is 0.118. The van der Waals surface area contributed by atoms with Crippen LogP contribution in [0.25, 0.3) is 0 Å². The fourth-order valence-corrected chi connectivity index (χ4v) is 4.61. The Bertz CT molecular complexity index is 806. The number of amides is 2. The first-order valence-corrected chi connectivity index (χ1v) is 9.93. The Morgan fingerprint density at radius 1 is 1.22 bits per heavy atom. The summed E-state index contributed by atoms with van der Waals surface area (Å²) in [6, 6.07) is 7.83. The van der Waals surface area contributed by atoms with Gasteiger partial charge in [0.1, 0.15) is 5.70 Å². The van der Waals surface area contributed by atoms with E-state index in [1.807, 2.05) is 35.2 Å². The number of benzene rings is 1. The molecule has 3 aliphatic rings. The molecule has 1 saturated heterocycles. The molecule has 3 unspecified atom stereocenters. The summed E-state index contributed by atoms with van der Waals surface area (Å²) in [7, 11) is 0. The smallest absolute Gasteiger partial charge is 0.271 e. The SMILES string of the molecule is CC(C)(C)c1ccc(C(=O)NC2=CC3(C4CCCC(N)C4)CN3C2=O)cc1. The summed E-state index contributed by atoms with van der Waals surface area (Å²) in [6.45, 7) is 7.19. The molecule has 1 aromatic rings. The van der Waals surface area contributed by atoms with Crippen LogP contribution in [0, 0.1) is 5.92 Å². The fraction of sp³-hybridized carbons (Fsp3) is 0.545. The Labute approximate surface area is 161 Å². The Morgan fingerprint density at radius 3 is 2.56 bits per heavy atom. The minimum absolute atomic E-state index is 0.0424. The van der Waals surface area contributed by atoms with Crippen LogP contribution in [0.2, 0.25) is 0 Å². The van der Waals surface area contributed by atoms with E-state index in [1.165, 1.54) is 5.56 Å². The zero-order valence-corrected chi connectivity index (χ0v) is 16.4. The van der Waals surface area contributed by atoms with Crippen molar-refractivity contribution in [3.8, 4) is 0 Å². The Balaban J connectivity index is 1.48. The number of nitrogens with zero attached hydrogens (tertiary/aromatic N) is 1. The molecule has 2 aliphatic heterocycles. The lowest BCUT2D eigenvalue weighted by Gasteiger charge is -2.30. The molecule has 2 heterocycles. The highest BCUT2D eigenvalue weighted by Gasteiger charge is 2.63. The van der Waals surface area contributed by atoms with Gasteiger partial charge in [-0.3, -0.25) is 9.59 Å². The van der Waals surface area contributed by atoms with E-state index in [4.69, 9.17) is 5.73 Å². The highest BCUT2D eigenvalue weighted by molar-refractivity contribution is 6.06. The molecule has 0 aromatic heterocycles. The first kappa shape index (κ1) is 18.2. The number of carbonyl (C=O) groups excluding carboxylic acids is 2. The van der Waals surface area contributed by atoms with Crippen molar-refractivity contribution in [3.63, 3.8) is 0 Å². The maximum absolute atomic E-state index is 12.6. The van der Waals surface area contributed by atoms with Gasteiger partial charge in [0.25, 0.3) is 11.8 Å². The lowest BCUT2D eigenvalue weighted by molar-refractivity contribution is -0.122. The van der Waals surface area contributed by atoms with Gasteiger partial charge in [-0.05, 0) is 54.4 Å². The Hall–Kier alpha value is -2.14. The maximum Gasteiger partial charge on any atom is 0.271 e. The molecule has 1 aromatic carbocycles. The highest BCUT2D eigenvalue weighted by Crippen LogP contribution is 2.51. The van der Waals surface area contributed by atoms with E-state index in [2.05, 4.69) is 26.1 Å². The summed E-state index contributed by atoms with van der Waals surface area (Å²) in [6.07, 6.45) is 6.22. The van der Waals surface area contributed by atoms with Crippen LogP contribution >= 0.6 is 0 Å². The van der Waals surface area contributed by atoms with Crippen LogP contribution in [0.3, 0.4) is 0 Å². The Morgan fingerprint density at radius 2 is 1.93 bits per heavy atom. The molecule has 4 rings (SSSR count). The number of nitrogens with one attached hydrogen (secondary N) is 1. The van der Waals surface area contributed by atoms with Gasteiger partial charge < -0.3 is 16.0 Å². The van der Waals surface area contributed by atoms with E-state index in [0.717, 1.165) is 32.2 Å². The van der Waals surface area contributed by atoms with Crippen LogP contribution in [0.15, 0.2) is 36.0 Å². The standard InChI is InChI=1S/C22H29N3O2/c1-21(2,3)15-9-7-14(8-10-15)19(26)24-18-12-22(13-25(22)20(18)27)16-5-4-6-17(23)11-16/h7-10,12,16-17H,4-6,11,13,23H2,1-3H3,(H,24,26). The number of fused-ring (bicyclic) bond motifs is 1. The van der Waals surface area contributed by atoms with E-state index in [1.54, 1.807) is 0 Å². The minimum atomic E-state index is -0.229. The average Bonchev–Trinajstić information content (AvgIpc) is 3.29. The lowest BCUT2D eigenvalue weighted by Crippen LogP contribution is -2.36. The van der Waals surface area contributed by atoms with Crippen molar-refractivity contribution in [1.29, 1.82) is 0 Å². The molecule has 0 radical (unpaired) electrons. The molecule has 1 aliphatic carbocycles. The van der Waals surface area contributed by atoms with Gasteiger partial charge in [-0.15, -0.1) is 0 Å². The van der Waals surface area contributed by atoms with E-state index in [0.29, 0.717) is 17.2 Å². The van der Waals surface area contributed by atoms with Crippen molar-refractivity contribution in [1.82, 2.24) is 10.2 Å². The predicted molar refractivity (Wildman–Crippen MR) is 105 cm³/mol. The van der Waals surface area contributed by atoms with Gasteiger partial charge in [-0.2, -0.15) is 0 Å². The summed E-state index contributed by atoms with van der Waals surface area (Å²) < 4.78 is 0. The van der Waals surface area contributed by atoms with Crippen LogP contribution in [0.1, 0.15) is 62.4 Å². The van der Waals surface area contributed by atoms with Crippen LogP contribution in [0.5, 0.6) is 0 Å². The van der Waals surface area contributed by atoms with Gasteiger partial charge in [0.15, 0.2) is 0 Å². The number of nitrogens with two attached hydrogens (primary N) is 1. The zero-order valence-electron chi connectivity index (χ0n) is 16.4. The van der Waals surface area contributed by atoms with Gasteiger partial charge in [-0.1, -0.05) is 39.3 Å². The van der Waals surface area contributed by atoms with E-state index in [-0.39, 0.29) is 28.8 Å². The first-order valence-electron chi connectivity index (χ1n) is 9.93. The molecule has 144 valence electrons. The average molecular weight is 367 g/mol. The largest absolute Gasteiger partial charge is 0.328 e. The number of hydrogen-bond acceptors (Lipinski definition) is 3. The highest BCUT2D eigenvalue weighted by atomic mass is 16.2. The van der Waals surface area contributed by atoms with Gasteiger partial charge >= 0.3 is 0 Å². The molecule has 0 spiro atoms. The zero-order chi connectivity index (χ0) is 19.4. The van der Waals surface area contributed by atoms with Gasteiger partial charge in [0.2, 0.25) is 0 Å². The second-order valence-electron chi connectivity index (χ2n) is 9.35. The van der Waals surface area contributed by atoms with Crippen LogP contribution < -0.4 is 11.1 Å². The van der Waals surface area contributed by atoms with Crippen molar-refractivity contribution in [2.45, 2.75) is 63.5 Å². The molecule has 0 bridgehead atoms. The molecule has 1 saturated carbocycles. The summed E-state index contributed by atoms with van der Waals surface area (Å²) >= 11 is 0. The molecule has 27 heavy (non-hydrogen) atoms. The van der Waals surface area contributed by atoms with Crippen molar-refractivity contribution in [3.05, 3.63) is 47.2 Å². The van der Waals surface area contributed by atoms with Crippen molar-refractivity contribution in [2.75, 3.05) is 6.54 Å². The third kappa shape index (κ3) is 3.18. The first-order chi connectivity index (χ1) is 12.7.